The summed E-state index contributed by atoms with van der Waals surface area (Å²) in [6.45, 7) is 4.42. The van der Waals surface area contributed by atoms with Crippen LogP contribution in [0.2, 0.25) is 0 Å². The summed E-state index contributed by atoms with van der Waals surface area (Å²) in [5, 5.41) is 0. The molecular formula is C20H20N4O3. The van der Waals surface area contributed by atoms with E-state index in [9.17, 15) is 9.59 Å². The van der Waals surface area contributed by atoms with Crippen LogP contribution in [-0.4, -0.2) is 32.3 Å². The second-order valence-electron chi connectivity index (χ2n) is 6.56. The minimum absolute atomic E-state index is 0.143. The standard InChI is InChI=1S/C20H20N4O3/c1-3-16-21-12(2)17(27-16)20(26)24-10-9-14-15(11-24)22-18(23-19(14)25)13-7-5-4-6-8-13/h4-8H,3,9-11H2,1-2H3,(H,22,23,25). The van der Waals surface area contributed by atoms with Gasteiger partial charge in [-0.3, -0.25) is 9.59 Å². The lowest BCUT2D eigenvalue weighted by atomic mass is 10.1. The quantitative estimate of drug-likeness (QED) is 0.771. The van der Waals surface area contributed by atoms with Crippen LogP contribution in [0.15, 0.2) is 39.5 Å². The van der Waals surface area contributed by atoms with Crippen molar-refractivity contribution < 1.29 is 9.21 Å². The van der Waals surface area contributed by atoms with Crippen LogP contribution in [0.4, 0.5) is 0 Å². The van der Waals surface area contributed by atoms with Gasteiger partial charge in [0.15, 0.2) is 5.89 Å². The maximum atomic E-state index is 12.9. The van der Waals surface area contributed by atoms with E-state index < -0.39 is 0 Å². The number of aromatic amines is 1. The Morgan fingerprint density at radius 3 is 2.74 bits per heavy atom. The lowest BCUT2D eigenvalue weighted by Gasteiger charge is -2.27. The number of oxazole rings is 1. The Bertz CT molecular complexity index is 1050. The minimum atomic E-state index is -0.214. The molecule has 0 radical (unpaired) electrons. The number of nitrogens with zero attached hydrogens (tertiary/aromatic N) is 3. The third-order valence-electron chi connectivity index (χ3n) is 4.75. The van der Waals surface area contributed by atoms with Crippen molar-refractivity contribution >= 4 is 5.91 Å². The smallest absolute Gasteiger partial charge is 0.291 e. The van der Waals surface area contributed by atoms with Crippen molar-refractivity contribution in [3.8, 4) is 11.4 Å². The third-order valence-corrected chi connectivity index (χ3v) is 4.75. The molecule has 0 aliphatic carbocycles. The van der Waals surface area contributed by atoms with E-state index in [4.69, 9.17) is 4.42 Å². The summed E-state index contributed by atoms with van der Waals surface area (Å²) >= 11 is 0. The zero-order valence-electron chi connectivity index (χ0n) is 15.3. The number of aryl methyl sites for hydroxylation is 2. The first-order valence-electron chi connectivity index (χ1n) is 9.00. The molecule has 7 nitrogen and oxygen atoms in total. The van der Waals surface area contributed by atoms with E-state index in [1.165, 1.54) is 0 Å². The molecule has 0 bridgehead atoms. The highest BCUT2D eigenvalue weighted by molar-refractivity contribution is 5.92. The highest BCUT2D eigenvalue weighted by Crippen LogP contribution is 2.21. The van der Waals surface area contributed by atoms with Crippen LogP contribution < -0.4 is 5.56 Å². The Kier molecular flexibility index (Phi) is 4.35. The van der Waals surface area contributed by atoms with Gasteiger partial charge in [0.2, 0.25) is 5.76 Å². The van der Waals surface area contributed by atoms with Gasteiger partial charge in [-0.05, 0) is 13.3 Å². The number of hydrogen-bond donors (Lipinski definition) is 1. The largest absolute Gasteiger partial charge is 0.435 e. The fraction of sp³-hybridized carbons (Fsp3) is 0.300. The molecule has 4 rings (SSSR count). The zero-order valence-corrected chi connectivity index (χ0v) is 15.3. The molecule has 1 aliphatic rings. The number of amides is 1. The highest BCUT2D eigenvalue weighted by atomic mass is 16.4. The molecule has 1 aromatic carbocycles. The van der Waals surface area contributed by atoms with Gasteiger partial charge in [-0.1, -0.05) is 37.3 Å². The van der Waals surface area contributed by atoms with Crippen LogP contribution in [0.3, 0.4) is 0 Å². The topological polar surface area (TPSA) is 92.1 Å². The molecule has 1 amide bonds. The molecule has 0 saturated carbocycles. The number of rotatable bonds is 3. The molecular weight excluding hydrogens is 344 g/mol. The Labute approximate surface area is 156 Å². The monoisotopic (exact) mass is 364 g/mol. The van der Waals surface area contributed by atoms with Crippen LogP contribution >= 0.6 is 0 Å². The van der Waals surface area contributed by atoms with Crippen molar-refractivity contribution in [1.29, 1.82) is 0 Å². The van der Waals surface area contributed by atoms with Gasteiger partial charge in [0.1, 0.15) is 5.82 Å². The van der Waals surface area contributed by atoms with Gasteiger partial charge in [-0.25, -0.2) is 9.97 Å². The van der Waals surface area contributed by atoms with Gasteiger partial charge in [0.05, 0.1) is 17.9 Å². The molecule has 0 atom stereocenters. The number of carbonyl (C=O) groups is 1. The molecule has 3 heterocycles. The summed E-state index contributed by atoms with van der Waals surface area (Å²) in [4.78, 5) is 38.8. The molecule has 138 valence electrons. The van der Waals surface area contributed by atoms with Gasteiger partial charge in [0, 0.05) is 24.1 Å². The number of nitrogens with one attached hydrogen (secondary N) is 1. The fourth-order valence-corrected chi connectivity index (χ4v) is 3.29. The van der Waals surface area contributed by atoms with E-state index >= 15 is 0 Å². The predicted molar refractivity (Wildman–Crippen MR) is 99.4 cm³/mol. The van der Waals surface area contributed by atoms with Crippen molar-refractivity contribution in [1.82, 2.24) is 19.9 Å². The Morgan fingerprint density at radius 1 is 1.26 bits per heavy atom. The average Bonchev–Trinajstić information content (AvgIpc) is 3.08. The van der Waals surface area contributed by atoms with Crippen molar-refractivity contribution in [3.05, 3.63) is 69.3 Å². The van der Waals surface area contributed by atoms with Crippen molar-refractivity contribution in [3.63, 3.8) is 0 Å². The van der Waals surface area contributed by atoms with Gasteiger partial charge in [0.25, 0.3) is 11.5 Å². The van der Waals surface area contributed by atoms with Crippen LogP contribution in [0.5, 0.6) is 0 Å². The highest BCUT2D eigenvalue weighted by Gasteiger charge is 2.28. The van der Waals surface area contributed by atoms with Crippen molar-refractivity contribution in [2.75, 3.05) is 6.54 Å². The molecule has 7 heteroatoms. The normalized spacial score (nSPS) is 13.5. The summed E-state index contributed by atoms with van der Waals surface area (Å²) in [7, 11) is 0. The van der Waals surface area contributed by atoms with E-state index in [1.807, 2.05) is 37.3 Å². The van der Waals surface area contributed by atoms with E-state index in [0.717, 1.165) is 5.56 Å². The average molecular weight is 364 g/mol. The second kappa shape index (κ2) is 6.83. The molecule has 2 aromatic heterocycles. The van der Waals surface area contributed by atoms with Crippen LogP contribution in [0.25, 0.3) is 11.4 Å². The van der Waals surface area contributed by atoms with Crippen molar-refractivity contribution in [2.24, 2.45) is 0 Å². The fourth-order valence-electron chi connectivity index (χ4n) is 3.29. The first kappa shape index (κ1) is 17.2. The maximum absolute atomic E-state index is 12.9. The summed E-state index contributed by atoms with van der Waals surface area (Å²) in [6, 6.07) is 9.47. The summed E-state index contributed by atoms with van der Waals surface area (Å²) in [5.74, 6) is 1.11. The number of aromatic nitrogens is 3. The number of fused-ring (bicyclic) bond motifs is 1. The van der Waals surface area contributed by atoms with E-state index in [2.05, 4.69) is 15.0 Å². The molecule has 1 N–H and O–H groups in total. The van der Waals surface area contributed by atoms with Gasteiger partial charge in [-0.15, -0.1) is 0 Å². The van der Waals surface area contributed by atoms with Crippen molar-refractivity contribution in [2.45, 2.75) is 33.2 Å². The Hall–Kier alpha value is -3.22. The van der Waals surface area contributed by atoms with Crippen LogP contribution in [0, 0.1) is 6.92 Å². The maximum Gasteiger partial charge on any atom is 0.291 e. The SMILES string of the molecule is CCc1nc(C)c(C(=O)N2CCc3c(nc(-c4ccccc4)[nH]c3=O)C2)o1. The third kappa shape index (κ3) is 3.16. The molecule has 0 spiro atoms. The van der Waals surface area contributed by atoms with Gasteiger partial charge in [-0.2, -0.15) is 0 Å². The van der Waals surface area contributed by atoms with E-state index in [0.29, 0.717) is 48.1 Å². The number of H-pyrrole nitrogens is 1. The minimum Gasteiger partial charge on any atom is -0.435 e. The lowest BCUT2D eigenvalue weighted by molar-refractivity contribution is 0.0696. The van der Waals surface area contributed by atoms with Crippen LogP contribution in [0.1, 0.15) is 40.3 Å². The second-order valence-corrected chi connectivity index (χ2v) is 6.56. The number of carbonyl (C=O) groups excluding carboxylic acids is 1. The van der Waals surface area contributed by atoms with E-state index in [-0.39, 0.29) is 23.8 Å². The molecule has 0 fully saturated rings. The lowest BCUT2D eigenvalue weighted by Crippen LogP contribution is -2.39. The molecule has 3 aromatic rings. The summed E-state index contributed by atoms with van der Waals surface area (Å²) in [5.41, 5.74) is 2.55. The van der Waals surface area contributed by atoms with Gasteiger partial charge >= 0.3 is 0 Å². The summed E-state index contributed by atoms with van der Waals surface area (Å²) < 4.78 is 5.59. The Morgan fingerprint density at radius 2 is 2.04 bits per heavy atom. The van der Waals surface area contributed by atoms with E-state index in [1.54, 1.807) is 11.8 Å². The molecule has 0 unspecified atom stereocenters. The zero-order chi connectivity index (χ0) is 19.0. The first-order chi connectivity index (χ1) is 13.1. The van der Waals surface area contributed by atoms with Gasteiger partial charge < -0.3 is 14.3 Å². The summed E-state index contributed by atoms with van der Waals surface area (Å²) in [6.07, 6.45) is 1.10. The number of hydrogen-bond acceptors (Lipinski definition) is 5. The predicted octanol–water partition coefficient (Wildman–Crippen LogP) is 2.49. The Balaban J connectivity index is 1.66. The molecule has 0 saturated heterocycles. The first-order valence-corrected chi connectivity index (χ1v) is 9.00. The molecule has 27 heavy (non-hydrogen) atoms. The number of benzene rings is 1. The molecule has 1 aliphatic heterocycles. The van der Waals surface area contributed by atoms with Crippen LogP contribution in [-0.2, 0) is 19.4 Å².